The van der Waals surface area contributed by atoms with Gasteiger partial charge in [-0.2, -0.15) is 0 Å². The molecule has 0 saturated carbocycles. The number of alkyl halides is 1. The van der Waals surface area contributed by atoms with E-state index in [0.717, 1.165) is 5.88 Å². The normalized spacial score (nSPS) is 13.4. The van der Waals surface area contributed by atoms with E-state index in [1.807, 2.05) is 0 Å². The molecule has 1 aromatic carbocycles. The molecule has 1 rings (SSSR count). The van der Waals surface area contributed by atoms with E-state index in [0.29, 0.717) is 5.92 Å². The summed E-state index contributed by atoms with van der Waals surface area (Å²) in [6.45, 7) is 6.95. The SMILES string of the molecule is CCCCCCCCC(CCl)C(C)(C)c1ccccc1. The quantitative estimate of drug-likeness (QED) is 0.338. The van der Waals surface area contributed by atoms with Crippen molar-refractivity contribution in [1.29, 1.82) is 0 Å². The van der Waals surface area contributed by atoms with E-state index >= 15 is 0 Å². The van der Waals surface area contributed by atoms with Gasteiger partial charge in [-0.3, -0.25) is 0 Å². The predicted molar refractivity (Wildman–Crippen MR) is 91.7 cm³/mol. The molecule has 1 aromatic rings. The molecule has 1 atom stereocenters. The maximum atomic E-state index is 6.26. The molecule has 0 amide bonds. The van der Waals surface area contributed by atoms with Crippen LogP contribution in [0.3, 0.4) is 0 Å². The topological polar surface area (TPSA) is 0 Å². The standard InChI is InChI=1S/C19H31Cl/c1-4-5-6-7-8-10-15-18(16-20)19(2,3)17-13-11-9-12-14-17/h9,11-14,18H,4-8,10,15-16H2,1-3H3. The van der Waals surface area contributed by atoms with Gasteiger partial charge in [-0.05, 0) is 23.3 Å². The van der Waals surface area contributed by atoms with Crippen LogP contribution in [0, 0.1) is 5.92 Å². The first-order valence-corrected chi connectivity index (χ1v) is 8.77. The Balaban J connectivity index is 2.44. The minimum Gasteiger partial charge on any atom is -0.126 e. The van der Waals surface area contributed by atoms with Crippen LogP contribution in [-0.2, 0) is 5.41 Å². The van der Waals surface area contributed by atoms with E-state index in [1.165, 1.54) is 50.5 Å². The number of hydrogen-bond donors (Lipinski definition) is 0. The highest BCUT2D eigenvalue weighted by Crippen LogP contribution is 2.35. The van der Waals surface area contributed by atoms with Crippen molar-refractivity contribution in [3.05, 3.63) is 35.9 Å². The fraction of sp³-hybridized carbons (Fsp3) is 0.684. The van der Waals surface area contributed by atoms with Crippen molar-refractivity contribution in [3.63, 3.8) is 0 Å². The summed E-state index contributed by atoms with van der Waals surface area (Å²) in [6, 6.07) is 10.8. The maximum Gasteiger partial charge on any atom is 0.0260 e. The van der Waals surface area contributed by atoms with Crippen LogP contribution in [-0.4, -0.2) is 5.88 Å². The van der Waals surface area contributed by atoms with Crippen LogP contribution in [0.2, 0.25) is 0 Å². The van der Waals surface area contributed by atoms with Gasteiger partial charge in [0.05, 0.1) is 0 Å². The average molecular weight is 295 g/mol. The van der Waals surface area contributed by atoms with Gasteiger partial charge in [-0.15, -0.1) is 11.6 Å². The summed E-state index contributed by atoms with van der Waals surface area (Å²) >= 11 is 6.26. The summed E-state index contributed by atoms with van der Waals surface area (Å²) in [7, 11) is 0. The molecule has 1 heteroatoms. The van der Waals surface area contributed by atoms with E-state index in [1.54, 1.807) is 0 Å². The largest absolute Gasteiger partial charge is 0.126 e. The Morgan fingerprint density at radius 1 is 0.950 bits per heavy atom. The first-order chi connectivity index (χ1) is 9.62. The molecular weight excluding hydrogens is 264 g/mol. The van der Waals surface area contributed by atoms with Crippen LogP contribution in [0.15, 0.2) is 30.3 Å². The number of rotatable bonds is 10. The Morgan fingerprint density at radius 3 is 2.15 bits per heavy atom. The van der Waals surface area contributed by atoms with E-state index in [4.69, 9.17) is 11.6 Å². The summed E-state index contributed by atoms with van der Waals surface area (Å²) < 4.78 is 0. The van der Waals surface area contributed by atoms with Crippen LogP contribution >= 0.6 is 11.6 Å². The van der Waals surface area contributed by atoms with Gasteiger partial charge in [0.1, 0.15) is 0 Å². The lowest BCUT2D eigenvalue weighted by Gasteiger charge is -2.34. The first kappa shape index (κ1) is 17.6. The van der Waals surface area contributed by atoms with Crippen molar-refractivity contribution in [2.45, 2.75) is 71.1 Å². The van der Waals surface area contributed by atoms with E-state index in [2.05, 4.69) is 51.1 Å². The number of unbranched alkanes of at least 4 members (excludes halogenated alkanes) is 5. The molecule has 0 aromatic heterocycles. The highest BCUT2D eigenvalue weighted by molar-refractivity contribution is 6.18. The molecule has 0 N–H and O–H groups in total. The zero-order chi connectivity index (χ0) is 14.8. The van der Waals surface area contributed by atoms with Crippen molar-refractivity contribution in [2.24, 2.45) is 5.92 Å². The molecular formula is C19H31Cl. The van der Waals surface area contributed by atoms with Crippen LogP contribution in [0.25, 0.3) is 0 Å². The second-order valence-corrected chi connectivity index (χ2v) is 6.80. The molecule has 114 valence electrons. The number of halogens is 1. The van der Waals surface area contributed by atoms with Gasteiger partial charge in [-0.1, -0.05) is 89.6 Å². The maximum absolute atomic E-state index is 6.26. The van der Waals surface area contributed by atoms with Gasteiger partial charge in [0, 0.05) is 5.88 Å². The fourth-order valence-electron chi connectivity index (χ4n) is 2.91. The Morgan fingerprint density at radius 2 is 1.55 bits per heavy atom. The lowest BCUT2D eigenvalue weighted by molar-refractivity contribution is 0.317. The van der Waals surface area contributed by atoms with Gasteiger partial charge in [0.2, 0.25) is 0 Å². The van der Waals surface area contributed by atoms with Crippen LogP contribution in [0.4, 0.5) is 0 Å². The third-order valence-electron chi connectivity index (χ3n) is 4.63. The van der Waals surface area contributed by atoms with Crippen molar-refractivity contribution < 1.29 is 0 Å². The zero-order valence-electron chi connectivity index (χ0n) is 13.5. The molecule has 0 aliphatic rings. The van der Waals surface area contributed by atoms with E-state index in [-0.39, 0.29) is 5.41 Å². The molecule has 0 nitrogen and oxygen atoms in total. The molecule has 0 aliphatic heterocycles. The summed E-state index contributed by atoms with van der Waals surface area (Å²) in [5.41, 5.74) is 1.59. The Kier molecular flexibility index (Phi) is 8.30. The zero-order valence-corrected chi connectivity index (χ0v) is 14.3. The smallest absolute Gasteiger partial charge is 0.0260 e. The summed E-state index contributed by atoms with van der Waals surface area (Å²) in [6.07, 6.45) is 9.41. The molecule has 0 aliphatic carbocycles. The lowest BCUT2D eigenvalue weighted by atomic mass is 9.72. The van der Waals surface area contributed by atoms with Crippen molar-refractivity contribution in [3.8, 4) is 0 Å². The fourth-order valence-corrected chi connectivity index (χ4v) is 3.45. The highest BCUT2D eigenvalue weighted by atomic mass is 35.5. The minimum absolute atomic E-state index is 0.173. The molecule has 0 spiro atoms. The second-order valence-electron chi connectivity index (χ2n) is 6.50. The number of benzene rings is 1. The van der Waals surface area contributed by atoms with Crippen LogP contribution in [0.5, 0.6) is 0 Å². The molecule has 0 radical (unpaired) electrons. The van der Waals surface area contributed by atoms with Gasteiger partial charge in [0.15, 0.2) is 0 Å². The molecule has 20 heavy (non-hydrogen) atoms. The van der Waals surface area contributed by atoms with E-state index < -0.39 is 0 Å². The van der Waals surface area contributed by atoms with Gasteiger partial charge >= 0.3 is 0 Å². The molecule has 0 bridgehead atoms. The Hall–Kier alpha value is -0.490. The molecule has 1 unspecified atom stereocenters. The summed E-state index contributed by atoms with van der Waals surface area (Å²) in [5, 5.41) is 0. The summed E-state index contributed by atoms with van der Waals surface area (Å²) in [5.74, 6) is 1.33. The lowest BCUT2D eigenvalue weighted by Crippen LogP contribution is -2.30. The van der Waals surface area contributed by atoms with Crippen LogP contribution in [0.1, 0.15) is 71.3 Å². The third kappa shape index (κ3) is 5.48. The monoisotopic (exact) mass is 294 g/mol. The van der Waals surface area contributed by atoms with Gasteiger partial charge in [0.25, 0.3) is 0 Å². The average Bonchev–Trinajstić information content (AvgIpc) is 2.47. The molecule has 0 fully saturated rings. The van der Waals surface area contributed by atoms with Crippen molar-refractivity contribution in [1.82, 2.24) is 0 Å². The number of hydrogen-bond acceptors (Lipinski definition) is 0. The Bertz CT molecular complexity index is 342. The summed E-state index contributed by atoms with van der Waals surface area (Å²) in [4.78, 5) is 0. The van der Waals surface area contributed by atoms with Gasteiger partial charge < -0.3 is 0 Å². The Labute approximate surface area is 130 Å². The molecule has 0 heterocycles. The highest BCUT2D eigenvalue weighted by Gasteiger charge is 2.29. The minimum atomic E-state index is 0.173. The van der Waals surface area contributed by atoms with Crippen molar-refractivity contribution in [2.75, 3.05) is 5.88 Å². The van der Waals surface area contributed by atoms with Crippen LogP contribution < -0.4 is 0 Å². The molecule has 0 saturated heterocycles. The predicted octanol–water partition coefficient (Wildman–Crippen LogP) is 6.57. The second kappa shape index (κ2) is 9.45. The van der Waals surface area contributed by atoms with Crippen molar-refractivity contribution >= 4 is 11.6 Å². The first-order valence-electron chi connectivity index (χ1n) is 8.24. The van der Waals surface area contributed by atoms with Gasteiger partial charge in [-0.25, -0.2) is 0 Å². The third-order valence-corrected chi connectivity index (χ3v) is 5.00. The van der Waals surface area contributed by atoms with E-state index in [9.17, 15) is 0 Å².